The number of furan rings is 1. The van der Waals surface area contributed by atoms with Gasteiger partial charge in [0.25, 0.3) is 0 Å². The van der Waals surface area contributed by atoms with Crippen molar-refractivity contribution in [2.45, 2.75) is 59.3 Å². The average Bonchev–Trinajstić information content (AvgIpc) is 3.10. The molecule has 3 N–H and O–H groups in total. The first-order chi connectivity index (χ1) is 13.2. The summed E-state index contributed by atoms with van der Waals surface area (Å²) in [6.45, 7) is 12.0. The van der Waals surface area contributed by atoms with E-state index >= 15 is 0 Å². The van der Waals surface area contributed by atoms with Gasteiger partial charge in [-0.3, -0.25) is 4.99 Å². The van der Waals surface area contributed by atoms with Gasteiger partial charge in [-0.2, -0.15) is 0 Å². The van der Waals surface area contributed by atoms with Crippen molar-refractivity contribution >= 4 is 36.0 Å². The molecule has 8 nitrogen and oxygen atoms in total. The third kappa shape index (κ3) is 13.4. The number of nitrogens with zero attached hydrogens (tertiary/aromatic N) is 1. The molecule has 0 radical (unpaired) electrons. The van der Waals surface area contributed by atoms with E-state index < -0.39 is 11.7 Å². The van der Waals surface area contributed by atoms with Crippen LogP contribution in [0.15, 0.2) is 27.8 Å². The van der Waals surface area contributed by atoms with Crippen molar-refractivity contribution < 1.29 is 18.7 Å². The lowest BCUT2D eigenvalue weighted by molar-refractivity contribution is 0.0491. The van der Waals surface area contributed by atoms with E-state index in [0.29, 0.717) is 25.7 Å². The highest BCUT2D eigenvalue weighted by Crippen LogP contribution is 2.08. The topological polar surface area (TPSA) is 97.1 Å². The molecular weight excluding hydrogens is 487 g/mol. The van der Waals surface area contributed by atoms with Gasteiger partial charge in [0.2, 0.25) is 0 Å². The number of guanidine groups is 1. The molecule has 0 aliphatic heterocycles. The summed E-state index contributed by atoms with van der Waals surface area (Å²) in [4.78, 5) is 16.2. The van der Waals surface area contributed by atoms with E-state index in [4.69, 9.17) is 13.9 Å². The van der Waals surface area contributed by atoms with E-state index in [2.05, 4.69) is 34.8 Å². The molecule has 0 aliphatic carbocycles. The molecular formula is C20H37IN4O4. The first-order valence-corrected chi connectivity index (χ1v) is 9.75. The van der Waals surface area contributed by atoms with Gasteiger partial charge in [0.15, 0.2) is 5.96 Å². The van der Waals surface area contributed by atoms with Crippen LogP contribution in [-0.2, 0) is 16.1 Å². The molecule has 0 bridgehead atoms. The number of carbonyl (C=O) groups is 1. The lowest BCUT2D eigenvalue weighted by Crippen LogP contribution is -2.50. The lowest BCUT2D eigenvalue weighted by atomic mass is 10.0. The molecule has 1 aromatic heterocycles. The van der Waals surface area contributed by atoms with Crippen molar-refractivity contribution in [2.24, 2.45) is 10.9 Å². The molecule has 1 aromatic rings. The smallest absolute Gasteiger partial charge is 0.407 e. The lowest BCUT2D eigenvalue weighted by Gasteiger charge is -2.26. The molecule has 0 fully saturated rings. The van der Waals surface area contributed by atoms with Crippen LogP contribution in [-0.4, -0.2) is 50.4 Å². The summed E-state index contributed by atoms with van der Waals surface area (Å²) in [5, 5.41) is 9.40. The van der Waals surface area contributed by atoms with Crippen LogP contribution in [0, 0.1) is 5.92 Å². The van der Waals surface area contributed by atoms with Gasteiger partial charge in [0, 0.05) is 26.7 Å². The van der Waals surface area contributed by atoms with Crippen LogP contribution >= 0.6 is 24.0 Å². The van der Waals surface area contributed by atoms with Crippen molar-refractivity contribution in [2.75, 3.05) is 26.7 Å². The highest BCUT2D eigenvalue weighted by molar-refractivity contribution is 14.0. The van der Waals surface area contributed by atoms with E-state index in [1.165, 1.54) is 0 Å². The Hall–Kier alpha value is -1.49. The third-order valence-electron chi connectivity index (χ3n) is 3.80. The van der Waals surface area contributed by atoms with E-state index in [1.54, 1.807) is 13.3 Å². The quantitative estimate of drug-likeness (QED) is 0.188. The van der Waals surface area contributed by atoms with E-state index in [-0.39, 0.29) is 35.9 Å². The molecule has 29 heavy (non-hydrogen) atoms. The first-order valence-electron chi connectivity index (χ1n) is 9.75. The second kappa shape index (κ2) is 14.5. The highest BCUT2D eigenvalue weighted by atomic mass is 127. The molecule has 1 unspecified atom stereocenters. The van der Waals surface area contributed by atoms with Crippen LogP contribution in [0.1, 0.15) is 46.8 Å². The van der Waals surface area contributed by atoms with Crippen molar-refractivity contribution in [3.05, 3.63) is 24.2 Å². The predicted octanol–water partition coefficient (Wildman–Crippen LogP) is 3.52. The van der Waals surface area contributed by atoms with Gasteiger partial charge in [-0.1, -0.05) is 13.8 Å². The molecule has 1 amide bonds. The van der Waals surface area contributed by atoms with Gasteiger partial charge < -0.3 is 29.8 Å². The third-order valence-corrected chi connectivity index (χ3v) is 3.80. The summed E-state index contributed by atoms with van der Waals surface area (Å²) < 4.78 is 16.1. The molecule has 0 aromatic carbocycles. The Morgan fingerprint density at radius 1 is 1.28 bits per heavy atom. The first kappa shape index (κ1) is 27.5. The van der Waals surface area contributed by atoms with Gasteiger partial charge >= 0.3 is 6.09 Å². The number of halogens is 1. The van der Waals surface area contributed by atoms with Crippen LogP contribution in [0.3, 0.4) is 0 Å². The molecule has 0 spiro atoms. The van der Waals surface area contributed by atoms with Crippen LogP contribution in [0.5, 0.6) is 0 Å². The Morgan fingerprint density at radius 2 is 2.00 bits per heavy atom. The van der Waals surface area contributed by atoms with E-state index in [0.717, 1.165) is 18.7 Å². The Morgan fingerprint density at radius 3 is 2.55 bits per heavy atom. The molecule has 1 heterocycles. The fourth-order valence-electron chi connectivity index (χ4n) is 2.29. The van der Waals surface area contributed by atoms with Crippen LogP contribution in [0.2, 0.25) is 0 Å². The summed E-state index contributed by atoms with van der Waals surface area (Å²) in [5.41, 5.74) is -0.518. The average molecular weight is 524 g/mol. The van der Waals surface area contributed by atoms with Gasteiger partial charge in [0.1, 0.15) is 18.0 Å². The minimum atomic E-state index is -0.518. The zero-order valence-corrected chi connectivity index (χ0v) is 20.7. The van der Waals surface area contributed by atoms with E-state index in [1.807, 2.05) is 32.9 Å². The van der Waals surface area contributed by atoms with Crippen LogP contribution < -0.4 is 16.0 Å². The van der Waals surface area contributed by atoms with Crippen molar-refractivity contribution in [3.8, 4) is 0 Å². The van der Waals surface area contributed by atoms with Crippen molar-refractivity contribution in [1.82, 2.24) is 16.0 Å². The number of carbonyl (C=O) groups excluding carboxylic acids is 1. The van der Waals surface area contributed by atoms with Crippen molar-refractivity contribution in [1.29, 1.82) is 0 Å². The van der Waals surface area contributed by atoms with Crippen LogP contribution in [0.25, 0.3) is 0 Å². The van der Waals surface area contributed by atoms with Gasteiger partial charge in [-0.15, -0.1) is 24.0 Å². The fourth-order valence-corrected chi connectivity index (χ4v) is 2.29. The zero-order chi connectivity index (χ0) is 21.0. The second-order valence-electron chi connectivity index (χ2n) is 7.86. The summed E-state index contributed by atoms with van der Waals surface area (Å²) in [6.07, 6.45) is 2.06. The summed E-state index contributed by atoms with van der Waals surface area (Å²) in [5.74, 6) is 1.75. The predicted molar refractivity (Wildman–Crippen MR) is 126 cm³/mol. The molecule has 9 heteroatoms. The summed E-state index contributed by atoms with van der Waals surface area (Å²) in [6, 6.07) is 3.66. The molecule has 0 saturated heterocycles. The fraction of sp³-hybridized carbons (Fsp3) is 0.700. The maximum atomic E-state index is 12.0. The van der Waals surface area contributed by atoms with Crippen LogP contribution in [0.4, 0.5) is 4.79 Å². The number of rotatable bonds is 10. The Bertz CT molecular complexity index is 586. The normalized spacial score (nSPS) is 12.9. The van der Waals surface area contributed by atoms with Gasteiger partial charge in [-0.05, 0) is 45.2 Å². The summed E-state index contributed by atoms with van der Waals surface area (Å²) in [7, 11) is 1.72. The second-order valence-corrected chi connectivity index (χ2v) is 7.86. The molecule has 0 aliphatic rings. The highest BCUT2D eigenvalue weighted by Gasteiger charge is 2.21. The molecule has 0 saturated carbocycles. The maximum Gasteiger partial charge on any atom is 0.407 e. The minimum Gasteiger partial charge on any atom is -0.467 e. The number of amides is 1. The molecule has 168 valence electrons. The Balaban J connectivity index is 0.00000784. The number of aliphatic imine (C=N–C) groups is 1. The number of nitrogens with one attached hydrogen (secondary N) is 3. The Labute approximate surface area is 191 Å². The van der Waals surface area contributed by atoms with Gasteiger partial charge in [0.05, 0.1) is 12.3 Å². The minimum absolute atomic E-state index is 0. The number of ether oxygens (including phenoxy) is 2. The van der Waals surface area contributed by atoms with Crippen molar-refractivity contribution in [3.63, 3.8) is 0 Å². The van der Waals surface area contributed by atoms with Gasteiger partial charge in [-0.25, -0.2) is 4.79 Å². The number of hydrogen-bond acceptors (Lipinski definition) is 5. The van der Waals surface area contributed by atoms with E-state index in [9.17, 15) is 4.79 Å². The summed E-state index contributed by atoms with van der Waals surface area (Å²) >= 11 is 0. The molecule has 1 rings (SSSR count). The largest absolute Gasteiger partial charge is 0.467 e. The Kier molecular flexibility index (Phi) is 13.7. The molecule has 1 atom stereocenters. The standard InChI is InChI=1S/C20H36N4O4.HI/c1-15(2)17(24-19(25)28-20(3,4)5)13-23-18(21-6)22-10-8-11-26-14-16-9-7-12-27-16;/h7,9,12,15,17H,8,10-11,13-14H2,1-6H3,(H,24,25)(H2,21,22,23);1H. The SMILES string of the molecule is CN=C(NCCCOCc1ccco1)NCC(NC(=O)OC(C)(C)C)C(C)C.I. The zero-order valence-electron chi connectivity index (χ0n) is 18.4. The number of alkyl carbamates (subject to hydrolysis) is 1. The monoisotopic (exact) mass is 524 g/mol. The number of hydrogen-bond donors (Lipinski definition) is 3. The maximum absolute atomic E-state index is 12.0.